The van der Waals surface area contributed by atoms with Crippen molar-refractivity contribution in [2.24, 2.45) is 0 Å². The van der Waals surface area contributed by atoms with Gasteiger partial charge in [-0.3, -0.25) is 4.79 Å². The number of esters is 1. The lowest BCUT2D eigenvalue weighted by Gasteiger charge is -2.18. The van der Waals surface area contributed by atoms with E-state index >= 15 is 0 Å². The Morgan fingerprint density at radius 1 is 0.778 bits per heavy atom. The number of ether oxygens (including phenoxy) is 1. The fraction of sp³-hybridized carbons (Fsp3) is 0.103. The highest BCUT2D eigenvalue weighted by Gasteiger charge is 2.27. The maximum absolute atomic E-state index is 13.2. The van der Waals surface area contributed by atoms with Gasteiger partial charge in [-0.2, -0.15) is 0 Å². The van der Waals surface area contributed by atoms with Gasteiger partial charge in [0, 0.05) is 16.1 Å². The molecule has 7 heteroatoms. The van der Waals surface area contributed by atoms with Crippen molar-refractivity contribution in [1.82, 2.24) is 0 Å². The molecular weight excluding hydrogens is 496 g/mol. The van der Waals surface area contributed by atoms with Crippen LogP contribution in [0.15, 0.2) is 108 Å². The second-order valence-corrected chi connectivity index (χ2v) is 10.8. The quantitative estimate of drug-likeness (QED) is 0.199. The van der Waals surface area contributed by atoms with Crippen LogP contribution in [-0.2, 0) is 20.3 Å². The van der Waals surface area contributed by atoms with Crippen LogP contribution in [0.2, 0.25) is 5.02 Å². The number of hydrogen-bond acceptors (Lipinski definition) is 5. The molecule has 0 bridgehead atoms. The van der Waals surface area contributed by atoms with Crippen LogP contribution in [0.3, 0.4) is 0 Å². The van der Waals surface area contributed by atoms with Gasteiger partial charge in [-0.1, -0.05) is 83.9 Å². The van der Waals surface area contributed by atoms with Crippen molar-refractivity contribution in [2.45, 2.75) is 23.7 Å². The molecule has 4 aromatic rings. The van der Waals surface area contributed by atoms with Gasteiger partial charge < -0.3 is 4.74 Å². The number of carbonyl (C=O) groups excluding carboxylic acids is 2. The fourth-order valence-corrected chi connectivity index (χ4v) is 5.10. The molecule has 0 aliphatic carbocycles. The van der Waals surface area contributed by atoms with E-state index in [1.165, 1.54) is 12.1 Å². The van der Waals surface area contributed by atoms with Crippen LogP contribution >= 0.6 is 11.6 Å². The summed E-state index contributed by atoms with van der Waals surface area (Å²) in [6.07, 6.45) is -1.17. The van der Waals surface area contributed by atoms with Crippen LogP contribution in [-0.4, -0.2) is 20.2 Å². The Morgan fingerprint density at radius 2 is 1.39 bits per heavy atom. The largest absolute Gasteiger partial charge is 0.445 e. The number of rotatable bonds is 8. The zero-order valence-corrected chi connectivity index (χ0v) is 21.0. The Labute approximate surface area is 215 Å². The number of carbonyl (C=O) groups is 2. The summed E-state index contributed by atoms with van der Waals surface area (Å²) in [5, 5.41) is 0.493. The lowest BCUT2D eigenvalue weighted by Crippen LogP contribution is -2.20. The SMILES string of the molecule is Cc1ccc(S(=O)(=O)Cc2ccc(C(=O)O[C@@H](C(=O)c3ccccc3)c3ccc(Cl)cc3)cc2)cc1. The number of ketones is 1. The zero-order chi connectivity index (χ0) is 25.7. The second-order valence-electron chi connectivity index (χ2n) is 8.34. The average molecular weight is 519 g/mol. The molecule has 1 atom stereocenters. The van der Waals surface area contributed by atoms with E-state index in [1.54, 1.807) is 91.0 Å². The Bertz CT molecular complexity index is 1460. The van der Waals surface area contributed by atoms with Gasteiger partial charge in [0.1, 0.15) is 0 Å². The van der Waals surface area contributed by atoms with Gasteiger partial charge in [0.05, 0.1) is 16.2 Å². The van der Waals surface area contributed by atoms with Gasteiger partial charge >= 0.3 is 5.97 Å². The summed E-state index contributed by atoms with van der Waals surface area (Å²) in [6, 6.07) is 27.9. The summed E-state index contributed by atoms with van der Waals surface area (Å²) in [5.41, 5.74) is 2.59. The van der Waals surface area contributed by atoms with E-state index < -0.39 is 21.9 Å². The lowest BCUT2D eigenvalue weighted by atomic mass is 9.99. The lowest BCUT2D eigenvalue weighted by molar-refractivity contribution is 0.0280. The molecular formula is C29H23ClO5S. The topological polar surface area (TPSA) is 77.5 Å². The molecule has 0 radical (unpaired) electrons. The van der Waals surface area contributed by atoms with Crippen LogP contribution in [0.5, 0.6) is 0 Å². The minimum atomic E-state index is -3.54. The monoisotopic (exact) mass is 518 g/mol. The molecule has 0 amide bonds. The van der Waals surface area contributed by atoms with Gasteiger partial charge in [0.25, 0.3) is 0 Å². The van der Waals surface area contributed by atoms with Crippen molar-refractivity contribution < 1.29 is 22.7 Å². The molecule has 0 spiro atoms. The number of sulfone groups is 1. The van der Waals surface area contributed by atoms with Crippen molar-refractivity contribution in [3.63, 3.8) is 0 Å². The molecule has 0 heterocycles. The molecule has 36 heavy (non-hydrogen) atoms. The summed E-state index contributed by atoms with van der Waals surface area (Å²) in [6.45, 7) is 1.89. The highest BCUT2D eigenvalue weighted by atomic mass is 35.5. The molecule has 0 saturated carbocycles. The maximum Gasteiger partial charge on any atom is 0.339 e. The Morgan fingerprint density at radius 3 is 2.00 bits per heavy atom. The van der Waals surface area contributed by atoms with Gasteiger partial charge in [0.2, 0.25) is 5.78 Å². The van der Waals surface area contributed by atoms with E-state index in [0.29, 0.717) is 21.7 Å². The summed E-state index contributed by atoms with van der Waals surface area (Å²) < 4.78 is 31.1. The van der Waals surface area contributed by atoms with E-state index in [2.05, 4.69) is 0 Å². The highest BCUT2D eigenvalue weighted by Crippen LogP contribution is 2.26. The molecule has 0 fully saturated rings. The number of halogens is 1. The molecule has 0 aliphatic heterocycles. The third-order valence-corrected chi connectivity index (χ3v) is 7.58. The highest BCUT2D eigenvalue weighted by molar-refractivity contribution is 7.90. The average Bonchev–Trinajstić information content (AvgIpc) is 2.88. The standard InChI is InChI=1S/C29H23ClO5S/c1-20-7-17-26(18-8-20)36(33,34)19-21-9-11-24(12-10-21)29(32)35-28(23-13-15-25(30)16-14-23)27(31)22-5-3-2-4-6-22/h2-18,28H,19H2,1H3/t28-/m1/s1. The predicted octanol–water partition coefficient (Wildman–Crippen LogP) is 6.40. The first-order chi connectivity index (χ1) is 17.2. The van der Waals surface area contributed by atoms with Gasteiger partial charge in [-0.15, -0.1) is 0 Å². The van der Waals surface area contributed by atoms with Crippen LogP contribution in [0.1, 0.15) is 43.5 Å². The predicted molar refractivity (Wildman–Crippen MR) is 139 cm³/mol. The van der Waals surface area contributed by atoms with Crippen LogP contribution in [0, 0.1) is 6.92 Å². The fourth-order valence-electron chi connectivity index (χ4n) is 3.62. The molecule has 0 aromatic heterocycles. The first kappa shape index (κ1) is 25.4. The number of benzene rings is 4. The number of aryl methyl sites for hydroxylation is 1. The summed E-state index contributed by atoms with van der Waals surface area (Å²) in [4.78, 5) is 26.4. The number of Topliss-reactive ketones (excluding diaryl/α,β-unsaturated/α-hetero) is 1. The van der Waals surface area contributed by atoms with Crippen molar-refractivity contribution >= 4 is 33.2 Å². The molecule has 182 valence electrons. The van der Waals surface area contributed by atoms with Gasteiger partial charge in [0.15, 0.2) is 15.9 Å². The molecule has 4 aromatic carbocycles. The van der Waals surface area contributed by atoms with Crippen molar-refractivity contribution in [1.29, 1.82) is 0 Å². The minimum Gasteiger partial charge on any atom is -0.445 e. The van der Waals surface area contributed by atoms with Gasteiger partial charge in [-0.25, -0.2) is 13.2 Å². The zero-order valence-electron chi connectivity index (χ0n) is 19.4. The molecule has 0 N–H and O–H groups in total. The summed E-state index contributed by atoms with van der Waals surface area (Å²) in [7, 11) is -3.54. The third kappa shape index (κ3) is 6.08. The first-order valence-corrected chi connectivity index (χ1v) is 13.2. The van der Waals surface area contributed by atoms with E-state index in [0.717, 1.165) is 5.56 Å². The maximum atomic E-state index is 13.2. The molecule has 0 saturated heterocycles. The Hall–Kier alpha value is -3.74. The minimum absolute atomic E-state index is 0.200. The van der Waals surface area contributed by atoms with Crippen molar-refractivity contribution in [3.8, 4) is 0 Å². The summed E-state index contributed by atoms with van der Waals surface area (Å²) >= 11 is 5.99. The van der Waals surface area contributed by atoms with E-state index in [4.69, 9.17) is 16.3 Å². The smallest absolute Gasteiger partial charge is 0.339 e. The molecule has 0 unspecified atom stereocenters. The first-order valence-electron chi connectivity index (χ1n) is 11.2. The second kappa shape index (κ2) is 10.9. The van der Waals surface area contributed by atoms with Crippen LogP contribution < -0.4 is 0 Å². The Balaban J connectivity index is 1.53. The molecule has 5 nitrogen and oxygen atoms in total. The molecule has 4 rings (SSSR count). The van der Waals surface area contributed by atoms with E-state index in [1.807, 2.05) is 6.92 Å². The van der Waals surface area contributed by atoms with Crippen LogP contribution in [0.4, 0.5) is 0 Å². The van der Waals surface area contributed by atoms with Crippen LogP contribution in [0.25, 0.3) is 0 Å². The third-order valence-electron chi connectivity index (χ3n) is 5.62. The Kier molecular flexibility index (Phi) is 7.67. The van der Waals surface area contributed by atoms with E-state index in [-0.39, 0.29) is 22.0 Å². The normalized spacial score (nSPS) is 12.1. The summed E-state index contributed by atoms with van der Waals surface area (Å²) in [5.74, 6) is -1.27. The van der Waals surface area contributed by atoms with Crippen molar-refractivity contribution in [3.05, 3.63) is 136 Å². The van der Waals surface area contributed by atoms with Gasteiger partial charge in [-0.05, 0) is 48.9 Å². The molecule has 0 aliphatic rings. The van der Waals surface area contributed by atoms with E-state index in [9.17, 15) is 18.0 Å². The van der Waals surface area contributed by atoms with Crippen molar-refractivity contribution in [2.75, 3.05) is 0 Å². The number of hydrogen-bond donors (Lipinski definition) is 0.